The van der Waals surface area contributed by atoms with E-state index in [0.29, 0.717) is 5.82 Å². The SMILES string of the molecule is COCC(=O)NCc1nc2ccccc2n1CC(=O)N1CCCCC1C. The van der Waals surface area contributed by atoms with Crippen LogP contribution in [0.4, 0.5) is 0 Å². The lowest BCUT2D eigenvalue weighted by atomic mass is 10.0. The van der Waals surface area contributed by atoms with Gasteiger partial charge in [-0.1, -0.05) is 12.1 Å². The van der Waals surface area contributed by atoms with Crippen LogP contribution < -0.4 is 5.32 Å². The zero-order valence-corrected chi connectivity index (χ0v) is 15.4. The maximum atomic E-state index is 12.9. The van der Waals surface area contributed by atoms with Crippen LogP contribution in [0.2, 0.25) is 0 Å². The number of likely N-dealkylation sites (tertiary alicyclic amines) is 1. The van der Waals surface area contributed by atoms with Gasteiger partial charge in [-0.15, -0.1) is 0 Å². The van der Waals surface area contributed by atoms with Crippen LogP contribution in [-0.4, -0.2) is 52.6 Å². The van der Waals surface area contributed by atoms with E-state index in [1.807, 2.05) is 33.7 Å². The Morgan fingerprint density at radius 2 is 2.12 bits per heavy atom. The smallest absolute Gasteiger partial charge is 0.246 e. The zero-order chi connectivity index (χ0) is 18.5. The Labute approximate surface area is 153 Å². The number of imidazole rings is 1. The topological polar surface area (TPSA) is 76.5 Å². The molecule has 2 aromatic rings. The number of fused-ring (bicyclic) bond motifs is 1. The third-order valence-corrected chi connectivity index (χ3v) is 4.87. The number of piperidine rings is 1. The molecule has 0 spiro atoms. The van der Waals surface area contributed by atoms with Gasteiger partial charge in [-0.3, -0.25) is 9.59 Å². The number of aromatic nitrogens is 2. The minimum Gasteiger partial charge on any atom is -0.375 e. The molecule has 2 amide bonds. The highest BCUT2D eigenvalue weighted by molar-refractivity contribution is 5.82. The van der Waals surface area contributed by atoms with Crippen molar-refractivity contribution in [1.29, 1.82) is 0 Å². The molecule has 140 valence electrons. The average Bonchev–Trinajstić information content (AvgIpc) is 2.98. The monoisotopic (exact) mass is 358 g/mol. The van der Waals surface area contributed by atoms with E-state index in [2.05, 4.69) is 17.2 Å². The first-order valence-electron chi connectivity index (χ1n) is 9.09. The fourth-order valence-corrected chi connectivity index (χ4v) is 3.49. The molecule has 1 unspecified atom stereocenters. The third kappa shape index (κ3) is 4.04. The van der Waals surface area contributed by atoms with Gasteiger partial charge in [-0.05, 0) is 38.3 Å². The maximum absolute atomic E-state index is 12.9. The van der Waals surface area contributed by atoms with Crippen molar-refractivity contribution >= 4 is 22.8 Å². The summed E-state index contributed by atoms with van der Waals surface area (Å²) in [6.45, 7) is 3.42. The number of hydrogen-bond donors (Lipinski definition) is 1. The van der Waals surface area contributed by atoms with Crippen LogP contribution in [-0.2, 0) is 27.4 Å². The zero-order valence-electron chi connectivity index (χ0n) is 15.4. The Bertz CT molecular complexity index is 786. The molecular weight excluding hydrogens is 332 g/mol. The van der Waals surface area contributed by atoms with E-state index < -0.39 is 0 Å². The number of para-hydroxylation sites is 2. The normalized spacial score (nSPS) is 17.5. The Morgan fingerprint density at radius 3 is 2.88 bits per heavy atom. The second-order valence-electron chi connectivity index (χ2n) is 6.74. The molecule has 0 saturated carbocycles. The van der Waals surface area contributed by atoms with Gasteiger partial charge in [-0.25, -0.2) is 4.98 Å². The lowest BCUT2D eigenvalue weighted by molar-refractivity contribution is -0.135. The minimum absolute atomic E-state index is 0.00442. The first-order valence-corrected chi connectivity index (χ1v) is 9.09. The number of rotatable bonds is 6. The van der Waals surface area contributed by atoms with Gasteiger partial charge in [0.1, 0.15) is 19.0 Å². The van der Waals surface area contributed by atoms with Crippen molar-refractivity contribution in [3.8, 4) is 0 Å². The lowest BCUT2D eigenvalue weighted by Crippen LogP contribution is -2.43. The summed E-state index contributed by atoms with van der Waals surface area (Å²) in [5.74, 6) is 0.570. The third-order valence-electron chi connectivity index (χ3n) is 4.87. The Morgan fingerprint density at radius 1 is 1.31 bits per heavy atom. The largest absolute Gasteiger partial charge is 0.375 e. The van der Waals surface area contributed by atoms with E-state index in [1.54, 1.807) is 0 Å². The summed E-state index contributed by atoms with van der Waals surface area (Å²) in [7, 11) is 1.48. The van der Waals surface area contributed by atoms with E-state index in [4.69, 9.17) is 4.74 Å². The van der Waals surface area contributed by atoms with E-state index >= 15 is 0 Å². The molecule has 1 aliphatic rings. The number of nitrogens with one attached hydrogen (secondary N) is 1. The standard InChI is InChI=1S/C19H26N4O3/c1-14-7-5-6-10-22(14)19(25)12-23-16-9-4-3-8-15(16)21-17(23)11-20-18(24)13-26-2/h3-4,8-9,14H,5-7,10-13H2,1-2H3,(H,20,24). The second kappa shape index (κ2) is 8.31. The molecule has 0 radical (unpaired) electrons. The Kier molecular flexibility index (Phi) is 5.88. The highest BCUT2D eigenvalue weighted by Crippen LogP contribution is 2.20. The van der Waals surface area contributed by atoms with Crippen molar-refractivity contribution in [1.82, 2.24) is 19.8 Å². The lowest BCUT2D eigenvalue weighted by Gasteiger charge is -2.33. The minimum atomic E-state index is -0.206. The quantitative estimate of drug-likeness (QED) is 0.853. The number of carbonyl (C=O) groups excluding carboxylic acids is 2. The van der Waals surface area contributed by atoms with Gasteiger partial charge >= 0.3 is 0 Å². The highest BCUT2D eigenvalue weighted by Gasteiger charge is 2.24. The van der Waals surface area contributed by atoms with Gasteiger partial charge in [0.2, 0.25) is 11.8 Å². The number of benzene rings is 1. The summed E-state index contributed by atoms with van der Waals surface area (Å²) in [6.07, 6.45) is 3.28. The number of nitrogens with zero attached hydrogens (tertiary/aromatic N) is 3. The Hall–Kier alpha value is -2.41. The molecule has 0 aliphatic carbocycles. The molecule has 2 heterocycles. The van der Waals surface area contributed by atoms with Crippen LogP contribution >= 0.6 is 0 Å². The number of methoxy groups -OCH3 is 1. The summed E-state index contributed by atoms with van der Waals surface area (Å²) in [6, 6.07) is 8.00. The molecule has 1 aromatic carbocycles. The second-order valence-corrected chi connectivity index (χ2v) is 6.74. The van der Waals surface area contributed by atoms with Gasteiger partial charge < -0.3 is 19.5 Å². The van der Waals surface area contributed by atoms with Crippen LogP contribution in [0.1, 0.15) is 32.0 Å². The molecule has 1 atom stereocenters. The number of ether oxygens (including phenoxy) is 1. The molecule has 1 saturated heterocycles. The predicted octanol–water partition coefficient (Wildman–Crippen LogP) is 1.70. The molecule has 1 N–H and O–H groups in total. The van der Waals surface area contributed by atoms with Crippen molar-refractivity contribution in [3.05, 3.63) is 30.1 Å². The van der Waals surface area contributed by atoms with Gasteiger partial charge in [0.15, 0.2) is 0 Å². The number of hydrogen-bond acceptors (Lipinski definition) is 4. The molecule has 1 aromatic heterocycles. The average molecular weight is 358 g/mol. The Balaban J connectivity index is 1.82. The predicted molar refractivity (Wildman–Crippen MR) is 98.5 cm³/mol. The van der Waals surface area contributed by atoms with E-state index in [0.717, 1.165) is 30.4 Å². The molecule has 0 bridgehead atoms. The van der Waals surface area contributed by atoms with Crippen molar-refractivity contribution in [3.63, 3.8) is 0 Å². The van der Waals surface area contributed by atoms with Gasteiger partial charge in [0.25, 0.3) is 0 Å². The molecule has 26 heavy (non-hydrogen) atoms. The molecular formula is C19H26N4O3. The van der Waals surface area contributed by atoms with E-state index in [-0.39, 0.29) is 37.6 Å². The molecule has 3 rings (SSSR count). The molecule has 1 fully saturated rings. The first-order chi connectivity index (χ1) is 12.6. The number of amides is 2. The van der Waals surface area contributed by atoms with Crippen LogP contribution in [0.3, 0.4) is 0 Å². The summed E-state index contributed by atoms with van der Waals surface area (Å²) < 4.78 is 6.75. The molecule has 7 heteroatoms. The van der Waals surface area contributed by atoms with Gasteiger partial charge in [-0.2, -0.15) is 0 Å². The summed E-state index contributed by atoms with van der Waals surface area (Å²) in [4.78, 5) is 31.2. The van der Waals surface area contributed by atoms with Gasteiger partial charge in [0, 0.05) is 19.7 Å². The maximum Gasteiger partial charge on any atom is 0.246 e. The van der Waals surface area contributed by atoms with Crippen LogP contribution in [0.15, 0.2) is 24.3 Å². The van der Waals surface area contributed by atoms with Crippen LogP contribution in [0.5, 0.6) is 0 Å². The van der Waals surface area contributed by atoms with Crippen LogP contribution in [0, 0.1) is 0 Å². The van der Waals surface area contributed by atoms with Crippen molar-refractivity contribution < 1.29 is 14.3 Å². The fraction of sp³-hybridized carbons (Fsp3) is 0.526. The number of carbonyl (C=O) groups is 2. The molecule has 7 nitrogen and oxygen atoms in total. The van der Waals surface area contributed by atoms with E-state index in [9.17, 15) is 9.59 Å². The highest BCUT2D eigenvalue weighted by atomic mass is 16.5. The van der Waals surface area contributed by atoms with Crippen LogP contribution in [0.25, 0.3) is 11.0 Å². The van der Waals surface area contributed by atoms with Gasteiger partial charge in [0.05, 0.1) is 17.6 Å². The van der Waals surface area contributed by atoms with E-state index in [1.165, 1.54) is 13.5 Å². The first kappa shape index (κ1) is 18.4. The summed E-state index contributed by atoms with van der Waals surface area (Å²) >= 11 is 0. The molecule has 1 aliphatic heterocycles. The van der Waals surface area contributed by atoms with Crippen molar-refractivity contribution in [2.45, 2.75) is 45.3 Å². The summed E-state index contributed by atoms with van der Waals surface area (Å²) in [5, 5.41) is 2.79. The summed E-state index contributed by atoms with van der Waals surface area (Å²) in [5.41, 5.74) is 1.73. The van der Waals surface area contributed by atoms with Crippen molar-refractivity contribution in [2.24, 2.45) is 0 Å². The fourth-order valence-electron chi connectivity index (χ4n) is 3.49. The van der Waals surface area contributed by atoms with Crippen molar-refractivity contribution in [2.75, 3.05) is 20.3 Å².